The predicted octanol–water partition coefficient (Wildman–Crippen LogP) is 4.46. The van der Waals surface area contributed by atoms with Gasteiger partial charge in [-0.05, 0) is 36.8 Å². The average Bonchev–Trinajstić information content (AvgIpc) is 2.61. The maximum atomic E-state index is 5.80. The Kier molecular flexibility index (Phi) is 6.97. The molecule has 0 radical (unpaired) electrons. The zero-order valence-electron chi connectivity index (χ0n) is 13.7. The molecule has 2 nitrogen and oxygen atoms in total. The molecule has 0 spiro atoms. The van der Waals surface area contributed by atoms with E-state index in [0.29, 0.717) is 13.2 Å². The third-order valence-electron chi connectivity index (χ3n) is 3.33. The molecule has 0 unspecified atom stereocenters. The number of hydrogen-bond acceptors (Lipinski definition) is 2. The van der Waals surface area contributed by atoms with Gasteiger partial charge < -0.3 is 9.47 Å². The minimum Gasteiger partial charge on any atom is -0.497 e. The molecular weight excluding hydrogens is 284 g/mol. The van der Waals surface area contributed by atoms with Crippen molar-refractivity contribution in [1.82, 2.24) is 0 Å². The molecule has 2 aromatic carbocycles. The zero-order chi connectivity index (χ0) is 16.3. The van der Waals surface area contributed by atoms with Crippen molar-refractivity contribution in [2.24, 2.45) is 5.92 Å². The molecule has 0 amide bonds. The van der Waals surface area contributed by atoms with E-state index in [2.05, 4.69) is 17.9 Å². The molecule has 0 aliphatic heterocycles. The number of methoxy groups -OCH3 is 1. The van der Waals surface area contributed by atoms with Gasteiger partial charge in [0.25, 0.3) is 0 Å². The lowest BCUT2D eigenvalue weighted by molar-refractivity contribution is 0.111. The van der Waals surface area contributed by atoms with Gasteiger partial charge in [0.15, 0.2) is 0 Å². The van der Waals surface area contributed by atoms with Crippen LogP contribution in [0.25, 0.3) is 0 Å². The minimum absolute atomic E-state index is 0.0958. The van der Waals surface area contributed by atoms with E-state index < -0.39 is 0 Å². The van der Waals surface area contributed by atoms with Crippen molar-refractivity contribution in [3.8, 4) is 17.6 Å². The van der Waals surface area contributed by atoms with Crippen molar-refractivity contribution in [3.63, 3.8) is 0 Å². The molecule has 0 aromatic heterocycles. The maximum Gasteiger partial charge on any atom is 0.118 e. The van der Waals surface area contributed by atoms with Crippen LogP contribution in [0.4, 0.5) is 0 Å². The van der Waals surface area contributed by atoms with Crippen LogP contribution in [0.15, 0.2) is 66.7 Å². The molecule has 0 fully saturated rings. The van der Waals surface area contributed by atoms with Crippen LogP contribution in [-0.4, -0.2) is 13.7 Å². The Morgan fingerprint density at radius 1 is 1.04 bits per heavy atom. The summed E-state index contributed by atoms with van der Waals surface area (Å²) in [6, 6.07) is 17.9. The van der Waals surface area contributed by atoms with Crippen molar-refractivity contribution in [2.45, 2.75) is 13.5 Å². The lowest BCUT2D eigenvalue weighted by Gasteiger charge is -2.08. The van der Waals surface area contributed by atoms with E-state index in [9.17, 15) is 0 Å². The first kappa shape index (κ1) is 16.9. The Morgan fingerprint density at radius 2 is 1.78 bits per heavy atom. The molecule has 23 heavy (non-hydrogen) atoms. The molecular formula is C21H22O2. The Morgan fingerprint density at radius 3 is 2.43 bits per heavy atom. The Balaban J connectivity index is 1.88. The Hall–Kier alpha value is -2.50. The summed E-state index contributed by atoms with van der Waals surface area (Å²) in [7, 11) is 1.67. The summed E-state index contributed by atoms with van der Waals surface area (Å²) in [6.45, 7) is 3.15. The standard InChI is InChI=1S/C21H22O2/c1-3-7-19(11-10-18-8-5-4-6-9-18)16-23-17-20-12-14-21(22-2)15-13-20/h3-9,12-15,19H,16-17H2,1-2H3/b7-3+/t19-/m0/s1. The summed E-state index contributed by atoms with van der Waals surface area (Å²) in [5.41, 5.74) is 2.15. The van der Waals surface area contributed by atoms with E-state index in [0.717, 1.165) is 16.9 Å². The van der Waals surface area contributed by atoms with Crippen molar-refractivity contribution >= 4 is 0 Å². The fourth-order valence-corrected chi connectivity index (χ4v) is 2.10. The van der Waals surface area contributed by atoms with E-state index in [-0.39, 0.29) is 5.92 Å². The molecule has 0 saturated carbocycles. The van der Waals surface area contributed by atoms with Crippen molar-refractivity contribution in [3.05, 3.63) is 77.9 Å². The summed E-state index contributed by atoms with van der Waals surface area (Å²) < 4.78 is 11.0. The Bertz CT molecular complexity index is 660. The number of rotatable bonds is 6. The molecule has 0 heterocycles. The first-order chi connectivity index (χ1) is 11.3. The molecule has 2 rings (SSSR count). The van der Waals surface area contributed by atoms with Gasteiger partial charge >= 0.3 is 0 Å². The summed E-state index contributed by atoms with van der Waals surface area (Å²) in [6.07, 6.45) is 4.09. The highest BCUT2D eigenvalue weighted by Crippen LogP contribution is 2.12. The summed E-state index contributed by atoms with van der Waals surface area (Å²) in [4.78, 5) is 0. The smallest absolute Gasteiger partial charge is 0.118 e. The largest absolute Gasteiger partial charge is 0.497 e. The van der Waals surface area contributed by atoms with E-state index in [4.69, 9.17) is 9.47 Å². The van der Waals surface area contributed by atoms with Crippen LogP contribution in [0, 0.1) is 17.8 Å². The van der Waals surface area contributed by atoms with E-state index >= 15 is 0 Å². The maximum absolute atomic E-state index is 5.80. The van der Waals surface area contributed by atoms with Crippen molar-refractivity contribution < 1.29 is 9.47 Å². The lowest BCUT2D eigenvalue weighted by Crippen LogP contribution is -2.05. The molecule has 0 saturated heterocycles. The van der Waals surface area contributed by atoms with Gasteiger partial charge in [0.1, 0.15) is 5.75 Å². The summed E-state index contributed by atoms with van der Waals surface area (Å²) in [5.74, 6) is 7.41. The molecule has 0 aliphatic carbocycles. The van der Waals surface area contributed by atoms with E-state index in [1.807, 2.05) is 67.6 Å². The molecule has 0 bridgehead atoms. The fourth-order valence-electron chi connectivity index (χ4n) is 2.10. The third-order valence-corrected chi connectivity index (χ3v) is 3.33. The molecule has 118 valence electrons. The van der Waals surface area contributed by atoms with Crippen LogP contribution in [0.5, 0.6) is 5.75 Å². The van der Waals surface area contributed by atoms with Gasteiger partial charge in [0.2, 0.25) is 0 Å². The summed E-state index contributed by atoms with van der Waals surface area (Å²) in [5, 5.41) is 0. The van der Waals surface area contributed by atoms with Crippen LogP contribution in [0.2, 0.25) is 0 Å². The minimum atomic E-state index is 0.0958. The Labute approximate surface area is 138 Å². The second kappa shape index (κ2) is 9.50. The number of benzene rings is 2. The van der Waals surface area contributed by atoms with Crippen molar-refractivity contribution in [2.75, 3.05) is 13.7 Å². The zero-order valence-corrected chi connectivity index (χ0v) is 13.7. The molecule has 2 heteroatoms. The molecule has 0 N–H and O–H groups in total. The molecule has 2 aromatic rings. The fraction of sp³-hybridized carbons (Fsp3) is 0.238. The molecule has 0 aliphatic rings. The van der Waals surface area contributed by atoms with E-state index in [1.54, 1.807) is 7.11 Å². The van der Waals surface area contributed by atoms with Crippen LogP contribution in [0.3, 0.4) is 0 Å². The van der Waals surface area contributed by atoms with Gasteiger partial charge in [-0.15, -0.1) is 0 Å². The van der Waals surface area contributed by atoms with Crippen LogP contribution in [-0.2, 0) is 11.3 Å². The molecule has 1 atom stereocenters. The second-order valence-electron chi connectivity index (χ2n) is 5.13. The van der Waals surface area contributed by atoms with Crippen molar-refractivity contribution in [1.29, 1.82) is 0 Å². The van der Waals surface area contributed by atoms with Gasteiger partial charge in [-0.25, -0.2) is 0 Å². The highest BCUT2D eigenvalue weighted by molar-refractivity contribution is 5.35. The number of ether oxygens (including phenoxy) is 2. The van der Waals surface area contributed by atoms with Crippen LogP contribution in [0.1, 0.15) is 18.1 Å². The van der Waals surface area contributed by atoms with Crippen LogP contribution >= 0.6 is 0 Å². The average molecular weight is 306 g/mol. The highest BCUT2D eigenvalue weighted by atomic mass is 16.5. The monoisotopic (exact) mass is 306 g/mol. The highest BCUT2D eigenvalue weighted by Gasteiger charge is 2.01. The third kappa shape index (κ3) is 6.02. The number of allylic oxidation sites excluding steroid dienone is 1. The predicted molar refractivity (Wildman–Crippen MR) is 94.3 cm³/mol. The van der Waals surface area contributed by atoms with Gasteiger partial charge in [-0.1, -0.05) is 54.3 Å². The quantitative estimate of drug-likeness (QED) is 0.579. The van der Waals surface area contributed by atoms with Gasteiger partial charge in [0, 0.05) is 5.56 Å². The lowest BCUT2D eigenvalue weighted by atomic mass is 10.1. The number of hydrogen-bond donors (Lipinski definition) is 0. The second-order valence-corrected chi connectivity index (χ2v) is 5.13. The topological polar surface area (TPSA) is 18.5 Å². The van der Waals surface area contributed by atoms with Gasteiger partial charge in [0.05, 0.1) is 26.2 Å². The SMILES string of the molecule is C/C=C/[C@@H](C#Cc1ccccc1)COCc1ccc(OC)cc1. The first-order valence-electron chi connectivity index (χ1n) is 7.72. The van der Waals surface area contributed by atoms with Gasteiger partial charge in [-0.2, -0.15) is 0 Å². The normalized spacial score (nSPS) is 11.7. The first-order valence-corrected chi connectivity index (χ1v) is 7.72. The van der Waals surface area contributed by atoms with Gasteiger partial charge in [-0.3, -0.25) is 0 Å². The van der Waals surface area contributed by atoms with E-state index in [1.165, 1.54) is 0 Å². The summed E-state index contributed by atoms with van der Waals surface area (Å²) >= 11 is 0. The van der Waals surface area contributed by atoms with Crippen LogP contribution < -0.4 is 4.74 Å².